The lowest BCUT2D eigenvalue weighted by Crippen LogP contribution is -2.20. The zero-order valence-electron chi connectivity index (χ0n) is 9.14. The maximum Gasteiger partial charge on any atom is 0.303 e. The molecule has 0 aliphatic rings. The average molecular weight is 240 g/mol. The number of nitrogens with zero attached hydrogens (tertiary/aromatic N) is 2. The number of carbonyl (C=O) groups is 3. The Balaban J connectivity index is 2.72. The van der Waals surface area contributed by atoms with Crippen LogP contribution in [0, 0.1) is 0 Å². The number of nitrogens with two attached hydrogens (primary N) is 1. The molecule has 2 amide bonds. The van der Waals surface area contributed by atoms with Crippen molar-refractivity contribution in [3.63, 3.8) is 0 Å². The number of hydrogen-bond acceptors (Lipinski definition) is 4. The van der Waals surface area contributed by atoms with Gasteiger partial charge in [0.2, 0.25) is 5.91 Å². The highest BCUT2D eigenvalue weighted by Crippen LogP contribution is 2.13. The number of rotatable bonds is 5. The Bertz CT molecular complexity index is 466. The molecule has 8 nitrogen and oxygen atoms in total. The van der Waals surface area contributed by atoms with Gasteiger partial charge in [0.05, 0.1) is 18.3 Å². The van der Waals surface area contributed by atoms with Crippen molar-refractivity contribution >= 4 is 23.5 Å². The van der Waals surface area contributed by atoms with Gasteiger partial charge < -0.3 is 16.2 Å². The number of anilines is 1. The summed E-state index contributed by atoms with van der Waals surface area (Å²) in [6.07, 6.45) is 0.819. The molecule has 0 aliphatic heterocycles. The molecule has 17 heavy (non-hydrogen) atoms. The van der Waals surface area contributed by atoms with Gasteiger partial charge in [-0.15, -0.1) is 0 Å². The lowest BCUT2D eigenvalue weighted by atomic mass is 10.3. The van der Waals surface area contributed by atoms with Crippen LogP contribution in [0.3, 0.4) is 0 Å². The highest BCUT2D eigenvalue weighted by molar-refractivity contribution is 6.01. The van der Waals surface area contributed by atoms with E-state index in [2.05, 4.69) is 10.4 Å². The van der Waals surface area contributed by atoms with Crippen LogP contribution in [0.1, 0.15) is 23.3 Å². The van der Waals surface area contributed by atoms with E-state index < -0.39 is 17.8 Å². The third kappa shape index (κ3) is 3.30. The quantitative estimate of drug-likeness (QED) is 0.628. The van der Waals surface area contributed by atoms with Gasteiger partial charge in [-0.2, -0.15) is 5.10 Å². The fourth-order valence-corrected chi connectivity index (χ4v) is 1.25. The Labute approximate surface area is 96.4 Å². The van der Waals surface area contributed by atoms with Crippen LogP contribution < -0.4 is 11.1 Å². The first-order valence-electron chi connectivity index (χ1n) is 4.75. The summed E-state index contributed by atoms with van der Waals surface area (Å²) in [5, 5.41) is 14.6. The van der Waals surface area contributed by atoms with Crippen LogP contribution in [-0.4, -0.2) is 32.7 Å². The zero-order valence-corrected chi connectivity index (χ0v) is 9.14. The fourth-order valence-electron chi connectivity index (χ4n) is 1.25. The van der Waals surface area contributed by atoms with Crippen molar-refractivity contribution in [3.8, 4) is 0 Å². The van der Waals surface area contributed by atoms with Gasteiger partial charge in [0.1, 0.15) is 5.69 Å². The average Bonchev–Trinajstić information content (AvgIpc) is 2.56. The maximum atomic E-state index is 11.3. The van der Waals surface area contributed by atoms with Crippen LogP contribution in [0.2, 0.25) is 0 Å². The first kappa shape index (κ1) is 12.7. The number of carboxylic acids is 1. The molecule has 1 aromatic rings. The number of aliphatic carboxylic acids is 1. The number of nitrogens with one attached hydrogen (secondary N) is 1. The van der Waals surface area contributed by atoms with Gasteiger partial charge in [0, 0.05) is 13.5 Å². The SMILES string of the molecule is Cn1ncc(NC(=O)CCC(=O)O)c1C(N)=O. The minimum atomic E-state index is -1.07. The molecule has 4 N–H and O–H groups in total. The van der Waals surface area contributed by atoms with Gasteiger partial charge in [-0.3, -0.25) is 19.1 Å². The number of hydrogen-bond donors (Lipinski definition) is 3. The number of amides is 2. The van der Waals surface area contributed by atoms with Crippen LogP contribution >= 0.6 is 0 Å². The molecule has 0 spiro atoms. The van der Waals surface area contributed by atoms with Gasteiger partial charge in [0.15, 0.2) is 0 Å². The number of carbonyl (C=O) groups excluding carboxylic acids is 2. The second kappa shape index (κ2) is 5.10. The van der Waals surface area contributed by atoms with E-state index in [-0.39, 0.29) is 24.2 Å². The van der Waals surface area contributed by atoms with Gasteiger partial charge >= 0.3 is 5.97 Å². The van der Waals surface area contributed by atoms with Gasteiger partial charge in [-0.1, -0.05) is 0 Å². The van der Waals surface area contributed by atoms with E-state index in [1.165, 1.54) is 17.9 Å². The van der Waals surface area contributed by atoms with E-state index in [4.69, 9.17) is 10.8 Å². The van der Waals surface area contributed by atoms with E-state index in [0.29, 0.717) is 0 Å². The van der Waals surface area contributed by atoms with Crippen molar-refractivity contribution in [2.24, 2.45) is 12.8 Å². The highest BCUT2D eigenvalue weighted by atomic mass is 16.4. The summed E-state index contributed by atoms with van der Waals surface area (Å²) in [4.78, 5) is 32.7. The predicted octanol–water partition coefficient (Wildman–Crippen LogP) is -0.678. The second-order valence-corrected chi connectivity index (χ2v) is 3.34. The zero-order chi connectivity index (χ0) is 13.0. The molecule has 1 rings (SSSR count). The van der Waals surface area contributed by atoms with Crippen LogP contribution in [-0.2, 0) is 16.6 Å². The standard InChI is InChI=1S/C9H12N4O4/c1-13-8(9(10)17)5(4-11-13)12-6(14)2-3-7(15)16/h4H,2-3H2,1H3,(H2,10,17)(H,12,14)(H,15,16). The predicted molar refractivity (Wildman–Crippen MR) is 57.2 cm³/mol. The first-order chi connectivity index (χ1) is 7.91. The number of aromatic nitrogens is 2. The molecule has 0 unspecified atom stereocenters. The van der Waals surface area contributed by atoms with Crippen molar-refractivity contribution < 1.29 is 19.5 Å². The van der Waals surface area contributed by atoms with E-state index in [0.717, 1.165) is 0 Å². The van der Waals surface area contributed by atoms with Gasteiger partial charge in [-0.25, -0.2) is 0 Å². The molecule has 8 heteroatoms. The van der Waals surface area contributed by atoms with Crippen molar-refractivity contribution in [1.29, 1.82) is 0 Å². The van der Waals surface area contributed by atoms with Crippen LogP contribution in [0.15, 0.2) is 6.20 Å². The Morgan fingerprint density at radius 3 is 2.65 bits per heavy atom. The van der Waals surface area contributed by atoms with Gasteiger partial charge in [-0.05, 0) is 0 Å². The minimum absolute atomic E-state index is 0.0636. The summed E-state index contributed by atoms with van der Waals surface area (Å²) in [6.45, 7) is 0. The van der Waals surface area contributed by atoms with Crippen molar-refractivity contribution in [2.75, 3.05) is 5.32 Å². The molecule has 1 heterocycles. The third-order valence-electron chi connectivity index (χ3n) is 2.01. The summed E-state index contributed by atoms with van der Waals surface area (Å²) in [5.41, 5.74) is 5.35. The fraction of sp³-hybridized carbons (Fsp3) is 0.333. The Kier molecular flexibility index (Phi) is 3.81. The van der Waals surface area contributed by atoms with E-state index in [1.807, 2.05) is 0 Å². The van der Waals surface area contributed by atoms with E-state index in [1.54, 1.807) is 0 Å². The van der Waals surface area contributed by atoms with Crippen molar-refractivity contribution in [1.82, 2.24) is 9.78 Å². The monoisotopic (exact) mass is 240 g/mol. The Morgan fingerprint density at radius 1 is 1.47 bits per heavy atom. The summed E-state index contributed by atoms with van der Waals surface area (Å²) < 4.78 is 1.23. The molecular weight excluding hydrogens is 228 g/mol. The summed E-state index contributed by atoms with van der Waals surface area (Å²) >= 11 is 0. The molecular formula is C9H12N4O4. The number of primary amides is 1. The molecule has 0 aromatic carbocycles. The number of aryl methyl sites for hydroxylation is 1. The van der Waals surface area contributed by atoms with Crippen molar-refractivity contribution in [2.45, 2.75) is 12.8 Å². The summed E-state index contributed by atoms with van der Waals surface area (Å²) in [6, 6.07) is 0. The van der Waals surface area contributed by atoms with Crippen molar-refractivity contribution in [3.05, 3.63) is 11.9 Å². The van der Waals surface area contributed by atoms with E-state index in [9.17, 15) is 14.4 Å². The van der Waals surface area contributed by atoms with Crippen LogP contribution in [0.5, 0.6) is 0 Å². The molecule has 92 valence electrons. The summed E-state index contributed by atoms with van der Waals surface area (Å²) in [7, 11) is 1.51. The normalized spacial score (nSPS) is 9.94. The topological polar surface area (TPSA) is 127 Å². The van der Waals surface area contributed by atoms with E-state index >= 15 is 0 Å². The lowest BCUT2D eigenvalue weighted by molar-refractivity contribution is -0.138. The largest absolute Gasteiger partial charge is 0.481 e. The van der Waals surface area contributed by atoms with Gasteiger partial charge in [0.25, 0.3) is 5.91 Å². The lowest BCUT2D eigenvalue weighted by Gasteiger charge is -2.04. The minimum Gasteiger partial charge on any atom is -0.481 e. The molecule has 0 aliphatic carbocycles. The number of carboxylic acid groups (broad SMARTS) is 1. The smallest absolute Gasteiger partial charge is 0.303 e. The Hall–Kier alpha value is -2.38. The van der Waals surface area contributed by atoms with Crippen LogP contribution in [0.25, 0.3) is 0 Å². The molecule has 0 saturated heterocycles. The molecule has 0 bridgehead atoms. The highest BCUT2D eigenvalue weighted by Gasteiger charge is 2.16. The molecule has 1 aromatic heterocycles. The van der Waals surface area contributed by atoms with Crippen LogP contribution in [0.4, 0.5) is 5.69 Å². The molecule has 0 radical (unpaired) electrons. The maximum absolute atomic E-state index is 11.3. The summed E-state index contributed by atoms with van der Waals surface area (Å²) in [5.74, 6) is -2.30. The third-order valence-corrected chi connectivity index (χ3v) is 2.01. The molecule has 0 atom stereocenters. The Morgan fingerprint density at radius 2 is 2.12 bits per heavy atom. The molecule has 0 fully saturated rings. The second-order valence-electron chi connectivity index (χ2n) is 3.34. The molecule has 0 saturated carbocycles. The first-order valence-corrected chi connectivity index (χ1v) is 4.75.